The molecule has 3 rings (SSSR count). The molecule has 26 heavy (non-hydrogen) atoms. The molecule has 1 N–H and O–H groups in total. The molecule has 8 heteroatoms. The van der Waals surface area contributed by atoms with Crippen molar-refractivity contribution in [3.63, 3.8) is 0 Å². The van der Waals surface area contributed by atoms with Gasteiger partial charge in [-0.25, -0.2) is 0 Å². The Labute approximate surface area is 168 Å². The molecule has 1 fully saturated rings. The van der Waals surface area contributed by atoms with Crippen molar-refractivity contribution in [2.75, 3.05) is 40.0 Å². The fraction of sp³-hybridized carbons (Fsp3) is 0.389. The zero-order valence-corrected chi connectivity index (χ0v) is 16.8. The van der Waals surface area contributed by atoms with E-state index in [0.717, 1.165) is 26.3 Å². The fourth-order valence-electron chi connectivity index (χ4n) is 2.88. The van der Waals surface area contributed by atoms with Gasteiger partial charge in [0.05, 0.1) is 31.4 Å². The van der Waals surface area contributed by atoms with Crippen LogP contribution in [0.25, 0.3) is 0 Å². The number of nitrogens with one attached hydrogen (secondary N) is 1. The second kappa shape index (κ2) is 10.1. The van der Waals surface area contributed by atoms with Gasteiger partial charge >= 0.3 is 0 Å². The maximum Gasteiger partial charge on any atom is 0.251 e. The van der Waals surface area contributed by atoms with Gasteiger partial charge in [-0.05, 0) is 29.6 Å². The SMILES string of the molecule is COc1ccc(C(=O)NCC(c2cccs2)N2CCOCC2)cc1Cl.Cl. The van der Waals surface area contributed by atoms with Gasteiger partial charge in [-0.3, -0.25) is 9.69 Å². The number of nitrogens with zero attached hydrogens (tertiary/aromatic N) is 1. The van der Waals surface area contributed by atoms with Crippen molar-refractivity contribution in [1.29, 1.82) is 0 Å². The van der Waals surface area contributed by atoms with Gasteiger partial charge < -0.3 is 14.8 Å². The zero-order chi connectivity index (χ0) is 17.6. The molecule has 1 aromatic carbocycles. The van der Waals surface area contributed by atoms with Crippen LogP contribution < -0.4 is 10.1 Å². The van der Waals surface area contributed by atoms with E-state index in [9.17, 15) is 4.79 Å². The van der Waals surface area contributed by atoms with Crippen molar-refractivity contribution in [3.8, 4) is 5.75 Å². The van der Waals surface area contributed by atoms with Crippen LogP contribution in [0.3, 0.4) is 0 Å². The van der Waals surface area contributed by atoms with Gasteiger partial charge in [-0.15, -0.1) is 23.7 Å². The molecule has 0 radical (unpaired) electrons. The van der Waals surface area contributed by atoms with Gasteiger partial charge in [-0.1, -0.05) is 17.7 Å². The Morgan fingerprint density at radius 2 is 2.15 bits per heavy atom. The second-order valence-electron chi connectivity index (χ2n) is 5.74. The number of amides is 1. The Hall–Kier alpha value is -1.31. The molecule has 5 nitrogen and oxygen atoms in total. The van der Waals surface area contributed by atoms with Crippen LogP contribution in [0.15, 0.2) is 35.7 Å². The predicted octanol–water partition coefficient (Wildman–Crippen LogP) is 3.64. The molecule has 1 unspecified atom stereocenters. The molecule has 0 spiro atoms. The number of morpholine rings is 1. The molecule has 1 amide bonds. The Morgan fingerprint density at radius 1 is 1.38 bits per heavy atom. The Kier molecular flexibility index (Phi) is 8.18. The number of hydrogen-bond donors (Lipinski definition) is 1. The lowest BCUT2D eigenvalue weighted by Crippen LogP contribution is -2.43. The molecule has 0 bridgehead atoms. The van der Waals surface area contributed by atoms with Crippen LogP contribution in [0.1, 0.15) is 21.3 Å². The van der Waals surface area contributed by atoms with Crippen molar-refractivity contribution in [2.24, 2.45) is 0 Å². The van der Waals surface area contributed by atoms with E-state index in [1.165, 1.54) is 4.88 Å². The zero-order valence-electron chi connectivity index (χ0n) is 14.4. The average molecular weight is 417 g/mol. The molecule has 1 aliphatic heterocycles. The van der Waals surface area contributed by atoms with E-state index in [-0.39, 0.29) is 24.4 Å². The summed E-state index contributed by atoms with van der Waals surface area (Å²) >= 11 is 7.82. The van der Waals surface area contributed by atoms with Crippen LogP contribution in [0.2, 0.25) is 5.02 Å². The maximum atomic E-state index is 12.5. The highest BCUT2D eigenvalue weighted by molar-refractivity contribution is 7.10. The topological polar surface area (TPSA) is 50.8 Å². The van der Waals surface area contributed by atoms with Gasteiger partial charge in [0.25, 0.3) is 5.91 Å². The average Bonchev–Trinajstić information content (AvgIpc) is 3.17. The highest BCUT2D eigenvalue weighted by Crippen LogP contribution is 2.27. The first-order chi connectivity index (χ1) is 12.2. The van der Waals surface area contributed by atoms with Crippen LogP contribution in [0.4, 0.5) is 0 Å². The highest BCUT2D eigenvalue weighted by Gasteiger charge is 2.24. The van der Waals surface area contributed by atoms with Gasteiger partial charge in [0.1, 0.15) is 5.75 Å². The normalized spacial score (nSPS) is 15.8. The highest BCUT2D eigenvalue weighted by atomic mass is 35.5. The lowest BCUT2D eigenvalue weighted by Gasteiger charge is -2.34. The van der Waals surface area contributed by atoms with Crippen LogP contribution in [0, 0.1) is 0 Å². The van der Waals surface area contributed by atoms with Crippen molar-refractivity contribution < 1.29 is 14.3 Å². The Morgan fingerprint density at radius 3 is 2.77 bits per heavy atom. The molecular formula is C18H22Cl2N2O3S. The van der Waals surface area contributed by atoms with Crippen molar-refractivity contribution in [3.05, 3.63) is 51.2 Å². The van der Waals surface area contributed by atoms with E-state index < -0.39 is 0 Å². The largest absolute Gasteiger partial charge is 0.495 e. The van der Waals surface area contributed by atoms with E-state index in [2.05, 4.69) is 21.7 Å². The van der Waals surface area contributed by atoms with Crippen LogP contribution >= 0.6 is 35.3 Å². The number of rotatable bonds is 6. The molecule has 2 aromatic rings. The summed E-state index contributed by atoms with van der Waals surface area (Å²) in [5, 5.41) is 5.53. The quantitative estimate of drug-likeness (QED) is 0.780. The van der Waals surface area contributed by atoms with Crippen LogP contribution in [-0.2, 0) is 4.74 Å². The molecule has 0 saturated carbocycles. The standard InChI is InChI=1S/C18H21ClN2O3S.ClH/c1-23-16-5-4-13(11-14(16)19)18(22)20-12-15(17-3-2-10-25-17)21-6-8-24-9-7-21;/h2-5,10-11,15H,6-9,12H2,1H3,(H,20,22);1H. The molecule has 0 aliphatic carbocycles. The van der Waals surface area contributed by atoms with Crippen LogP contribution in [-0.4, -0.2) is 50.8 Å². The molecule has 1 aliphatic rings. The third kappa shape index (κ3) is 5.11. The number of carbonyl (C=O) groups excluding carboxylic acids is 1. The summed E-state index contributed by atoms with van der Waals surface area (Å²) in [6.07, 6.45) is 0. The molecule has 1 aromatic heterocycles. The summed E-state index contributed by atoms with van der Waals surface area (Å²) < 4.78 is 10.6. The van der Waals surface area contributed by atoms with E-state index in [1.54, 1.807) is 36.6 Å². The number of benzene rings is 1. The summed E-state index contributed by atoms with van der Waals surface area (Å²) in [5.74, 6) is 0.419. The van der Waals surface area contributed by atoms with Crippen molar-refractivity contribution in [2.45, 2.75) is 6.04 Å². The first-order valence-electron chi connectivity index (χ1n) is 8.16. The van der Waals surface area contributed by atoms with Crippen molar-refractivity contribution in [1.82, 2.24) is 10.2 Å². The van der Waals surface area contributed by atoms with Crippen molar-refractivity contribution >= 4 is 41.3 Å². The number of thiophene rings is 1. The van der Waals surface area contributed by atoms with Gasteiger partial charge in [0.2, 0.25) is 0 Å². The third-order valence-electron chi connectivity index (χ3n) is 4.23. The molecule has 2 heterocycles. The second-order valence-corrected chi connectivity index (χ2v) is 7.13. The number of ether oxygens (including phenoxy) is 2. The number of methoxy groups -OCH3 is 1. The Balaban J connectivity index is 0.00000243. The minimum Gasteiger partial charge on any atom is -0.495 e. The maximum absolute atomic E-state index is 12.5. The molecule has 1 saturated heterocycles. The summed E-state index contributed by atoms with van der Waals surface area (Å²) in [4.78, 5) is 16.1. The summed E-state index contributed by atoms with van der Waals surface area (Å²) in [7, 11) is 1.55. The fourth-order valence-corrected chi connectivity index (χ4v) is 4.00. The first kappa shape index (κ1) is 21.0. The number of carbonyl (C=O) groups is 1. The third-order valence-corrected chi connectivity index (χ3v) is 5.50. The lowest BCUT2D eigenvalue weighted by atomic mass is 10.1. The number of halogens is 2. The van der Waals surface area contributed by atoms with Gasteiger partial charge in [0.15, 0.2) is 0 Å². The van der Waals surface area contributed by atoms with E-state index in [4.69, 9.17) is 21.1 Å². The lowest BCUT2D eigenvalue weighted by molar-refractivity contribution is 0.0169. The summed E-state index contributed by atoms with van der Waals surface area (Å²) in [6.45, 7) is 3.73. The molecule has 1 atom stereocenters. The minimum absolute atomic E-state index is 0. The number of hydrogen-bond acceptors (Lipinski definition) is 5. The Bertz CT molecular complexity index is 706. The van der Waals surface area contributed by atoms with E-state index in [1.807, 2.05) is 6.07 Å². The molecule has 142 valence electrons. The van der Waals surface area contributed by atoms with Gasteiger partial charge in [-0.2, -0.15) is 0 Å². The molecular weight excluding hydrogens is 395 g/mol. The summed E-state index contributed by atoms with van der Waals surface area (Å²) in [6, 6.07) is 9.36. The first-order valence-corrected chi connectivity index (χ1v) is 9.41. The summed E-state index contributed by atoms with van der Waals surface area (Å²) in [5.41, 5.74) is 0.526. The van der Waals surface area contributed by atoms with E-state index in [0.29, 0.717) is 22.9 Å². The van der Waals surface area contributed by atoms with E-state index >= 15 is 0 Å². The predicted molar refractivity (Wildman–Crippen MR) is 107 cm³/mol. The minimum atomic E-state index is -0.139. The monoisotopic (exact) mass is 416 g/mol. The van der Waals surface area contributed by atoms with Gasteiger partial charge in [0, 0.05) is 30.1 Å². The smallest absolute Gasteiger partial charge is 0.251 e. The van der Waals surface area contributed by atoms with Crippen LogP contribution in [0.5, 0.6) is 5.75 Å².